The molecule has 21 heavy (non-hydrogen) atoms. The van der Waals surface area contributed by atoms with E-state index in [2.05, 4.69) is 24.0 Å². The van der Waals surface area contributed by atoms with Crippen LogP contribution in [0.25, 0.3) is 11.5 Å². The Morgan fingerprint density at radius 2 is 2.10 bits per heavy atom. The number of nitrogens with two attached hydrogens (primary N) is 1. The summed E-state index contributed by atoms with van der Waals surface area (Å²) in [6.45, 7) is 6.52. The summed E-state index contributed by atoms with van der Waals surface area (Å²) in [5.41, 5.74) is 8.63. The smallest absolute Gasteiger partial charge is 0.258 e. The molecule has 1 aliphatic heterocycles. The maximum Gasteiger partial charge on any atom is 0.258 e. The molecule has 4 nitrogen and oxygen atoms in total. The summed E-state index contributed by atoms with van der Waals surface area (Å²) in [4.78, 5) is 4.57. The minimum Gasteiger partial charge on any atom is -0.398 e. The van der Waals surface area contributed by atoms with Crippen LogP contribution in [0.5, 0.6) is 0 Å². The first kappa shape index (κ1) is 14.8. The van der Waals surface area contributed by atoms with E-state index in [0.29, 0.717) is 21.6 Å². The van der Waals surface area contributed by atoms with Crippen molar-refractivity contribution >= 4 is 29.2 Å². The lowest BCUT2D eigenvalue weighted by atomic mass is 10.1. The summed E-state index contributed by atoms with van der Waals surface area (Å²) in [5, 5.41) is 5.75. The molecule has 0 saturated carbocycles. The topological polar surface area (TPSA) is 64.9 Å². The Morgan fingerprint density at radius 1 is 1.29 bits per heavy atom. The monoisotopic (exact) mass is 321 g/mol. The number of nitrogens with zero attached hydrogens (tertiary/aromatic N) is 2. The summed E-state index contributed by atoms with van der Waals surface area (Å²) >= 11 is 3.91. The van der Waals surface area contributed by atoms with Gasteiger partial charge in [0.25, 0.3) is 5.89 Å². The van der Waals surface area contributed by atoms with Crippen LogP contribution in [0.3, 0.4) is 0 Å². The highest BCUT2D eigenvalue weighted by atomic mass is 32.2. The summed E-state index contributed by atoms with van der Waals surface area (Å²) in [6.07, 6.45) is 0. The number of rotatable bonds is 2. The van der Waals surface area contributed by atoms with Crippen LogP contribution in [0.2, 0.25) is 0 Å². The van der Waals surface area contributed by atoms with Crippen molar-refractivity contribution < 1.29 is 4.52 Å². The number of hydrogen-bond acceptors (Lipinski definition) is 6. The predicted octanol–water partition coefficient (Wildman–Crippen LogP) is 3.93. The standard InChI is InChI=1S/C15H19N3OS2/c1-8-4-5-11(6-12(8)16)15-17-14(18-19-15)13-7-20-9(2)10(3)21-13/h4-6,9-10,13H,7,16H2,1-3H3. The molecule has 1 aromatic carbocycles. The minimum atomic E-state index is 0.307. The maximum absolute atomic E-state index is 5.94. The van der Waals surface area contributed by atoms with Gasteiger partial charge in [-0.25, -0.2) is 0 Å². The third kappa shape index (κ3) is 3.06. The van der Waals surface area contributed by atoms with Crippen molar-refractivity contribution in [1.29, 1.82) is 0 Å². The molecule has 0 amide bonds. The molecule has 6 heteroatoms. The van der Waals surface area contributed by atoms with Gasteiger partial charge in [-0.3, -0.25) is 0 Å². The lowest BCUT2D eigenvalue weighted by molar-refractivity contribution is 0.423. The van der Waals surface area contributed by atoms with Crippen LogP contribution in [-0.2, 0) is 0 Å². The Hall–Kier alpha value is -1.14. The number of thioether (sulfide) groups is 2. The zero-order valence-electron chi connectivity index (χ0n) is 12.4. The van der Waals surface area contributed by atoms with Crippen LogP contribution in [0.1, 0.15) is 30.5 Å². The normalized spacial score (nSPS) is 26.0. The third-order valence-corrected chi connectivity index (χ3v) is 7.19. The molecule has 2 heterocycles. The number of hydrogen-bond donors (Lipinski definition) is 1. The molecule has 2 N–H and O–H groups in total. The summed E-state index contributed by atoms with van der Waals surface area (Å²) in [6, 6.07) is 5.83. The first-order chi connectivity index (χ1) is 10.0. The highest BCUT2D eigenvalue weighted by molar-refractivity contribution is 8.07. The van der Waals surface area contributed by atoms with Crippen LogP contribution >= 0.6 is 23.5 Å². The second-order valence-corrected chi connectivity index (χ2v) is 8.39. The van der Waals surface area contributed by atoms with Gasteiger partial charge in [0.1, 0.15) is 0 Å². The van der Waals surface area contributed by atoms with Crippen molar-refractivity contribution in [3.8, 4) is 11.5 Å². The highest BCUT2D eigenvalue weighted by Gasteiger charge is 2.30. The lowest BCUT2D eigenvalue weighted by Crippen LogP contribution is -2.22. The van der Waals surface area contributed by atoms with E-state index in [0.717, 1.165) is 28.4 Å². The average molecular weight is 321 g/mol. The molecule has 0 radical (unpaired) electrons. The van der Waals surface area contributed by atoms with Gasteiger partial charge in [-0.1, -0.05) is 25.1 Å². The van der Waals surface area contributed by atoms with E-state index in [9.17, 15) is 0 Å². The third-order valence-electron chi connectivity index (χ3n) is 3.81. The molecule has 3 atom stereocenters. The Bertz CT molecular complexity index is 644. The number of benzene rings is 1. The zero-order chi connectivity index (χ0) is 15.0. The van der Waals surface area contributed by atoms with Crippen LogP contribution in [0.15, 0.2) is 22.7 Å². The predicted molar refractivity (Wildman–Crippen MR) is 90.6 cm³/mol. The molecule has 1 saturated heterocycles. The minimum absolute atomic E-state index is 0.307. The molecular weight excluding hydrogens is 302 g/mol. The van der Waals surface area contributed by atoms with Crippen LogP contribution in [0, 0.1) is 6.92 Å². The van der Waals surface area contributed by atoms with Gasteiger partial charge >= 0.3 is 0 Å². The van der Waals surface area contributed by atoms with Gasteiger partial charge in [0.2, 0.25) is 0 Å². The molecule has 0 aliphatic carbocycles. The molecule has 1 fully saturated rings. The van der Waals surface area contributed by atoms with Crippen LogP contribution in [0.4, 0.5) is 5.69 Å². The first-order valence-corrected chi connectivity index (χ1v) is 9.01. The Kier molecular flexibility index (Phi) is 4.17. The van der Waals surface area contributed by atoms with Crippen molar-refractivity contribution in [3.05, 3.63) is 29.6 Å². The Balaban J connectivity index is 1.81. The number of anilines is 1. The quantitative estimate of drug-likeness (QED) is 0.846. The van der Waals surface area contributed by atoms with E-state index in [1.54, 1.807) is 0 Å². The fraction of sp³-hybridized carbons (Fsp3) is 0.467. The summed E-state index contributed by atoms with van der Waals surface area (Å²) < 4.78 is 5.42. The van der Waals surface area contributed by atoms with Gasteiger partial charge in [-0.2, -0.15) is 16.7 Å². The van der Waals surface area contributed by atoms with Gasteiger partial charge < -0.3 is 10.3 Å². The summed E-state index contributed by atoms with van der Waals surface area (Å²) in [5.74, 6) is 2.37. The Morgan fingerprint density at radius 3 is 2.81 bits per heavy atom. The fourth-order valence-corrected chi connectivity index (χ4v) is 5.01. The SMILES string of the molecule is Cc1ccc(-c2nc(C3CSC(C)C(C)S3)no2)cc1N. The number of aromatic nitrogens is 2. The van der Waals surface area contributed by atoms with E-state index in [-0.39, 0.29) is 0 Å². The zero-order valence-corrected chi connectivity index (χ0v) is 14.0. The molecule has 2 aromatic rings. The number of aryl methyl sites for hydroxylation is 1. The first-order valence-electron chi connectivity index (χ1n) is 7.01. The molecule has 0 bridgehead atoms. The van der Waals surface area contributed by atoms with Gasteiger partial charge in [0.15, 0.2) is 5.82 Å². The van der Waals surface area contributed by atoms with Crippen molar-refractivity contribution in [3.63, 3.8) is 0 Å². The highest BCUT2D eigenvalue weighted by Crippen LogP contribution is 2.43. The van der Waals surface area contributed by atoms with Gasteiger partial charge in [-0.15, -0.1) is 11.8 Å². The lowest BCUT2D eigenvalue weighted by Gasteiger charge is -2.29. The van der Waals surface area contributed by atoms with Gasteiger partial charge in [-0.05, 0) is 24.6 Å². The number of nitrogen functional groups attached to an aromatic ring is 1. The maximum atomic E-state index is 5.94. The van der Waals surface area contributed by atoms with Gasteiger partial charge in [0.05, 0.1) is 5.25 Å². The largest absolute Gasteiger partial charge is 0.398 e. The molecule has 112 valence electrons. The average Bonchev–Trinajstić information content (AvgIpc) is 2.94. The van der Waals surface area contributed by atoms with Crippen molar-refractivity contribution in [2.24, 2.45) is 0 Å². The molecule has 1 aliphatic rings. The van der Waals surface area contributed by atoms with Crippen LogP contribution in [-0.4, -0.2) is 26.4 Å². The van der Waals surface area contributed by atoms with E-state index >= 15 is 0 Å². The van der Waals surface area contributed by atoms with Gasteiger partial charge in [0, 0.05) is 27.5 Å². The van der Waals surface area contributed by atoms with E-state index in [1.807, 2.05) is 48.6 Å². The molecule has 3 rings (SSSR count). The molecule has 1 aromatic heterocycles. The molecule has 3 unspecified atom stereocenters. The second kappa shape index (κ2) is 5.93. The van der Waals surface area contributed by atoms with Crippen LogP contribution < -0.4 is 5.73 Å². The summed E-state index contributed by atoms with van der Waals surface area (Å²) in [7, 11) is 0. The Labute approximate surface area is 133 Å². The molecule has 0 spiro atoms. The second-order valence-electron chi connectivity index (χ2n) is 5.40. The molecular formula is C15H19N3OS2. The fourth-order valence-electron chi connectivity index (χ4n) is 2.18. The van der Waals surface area contributed by atoms with Crippen molar-refractivity contribution in [1.82, 2.24) is 10.1 Å². The van der Waals surface area contributed by atoms with Crippen molar-refractivity contribution in [2.45, 2.75) is 36.5 Å². The van der Waals surface area contributed by atoms with E-state index in [4.69, 9.17) is 10.3 Å². The van der Waals surface area contributed by atoms with E-state index in [1.165, 1.54) is 0 Å². The van der Waals surface area contributed by atoms with Crippen molar-refractivity contribution in [2.75, 3.05) is 11.5 Å². The van der Waals surface area contributed by atoms with E-state index < -0.39 is 0 Å².